The van der Waals surface area contributed by atoms with Crippen molar-refractivity contribution in [3.05, 3.63) is 35.9 Å². The van der Waals surface area contributed by atoms with Crippen LogP contribution in [0.5, 0.6) is 5.75 Å². The van der Waals surface area contributed by atoms with Gasteiger partial charge in [0.1, 0.15) is 12.0 Å². The molecule has 0 spiro atoms. The predicted molar refractivity (Wildman–Crippen MR) is 89.6 cm³/mol. The second-order valence-corrected chi connectivity index (χ2v) is 5.39. The fourth-order valence-corrected chi connectivity index (χ4v) is 2.25. The van der Waals surface area contributed by atoms with Gasteiger partial charge < -0.3 is 4.74 Å². The smallest absolute Gasteiger partial charge is 0.142 e. The van der Waals surface area contributed by atoms with Crippen LogP contribution in [0.1, 0.15) is 63.9 Å². The molecule has 1 rings (SSSR count). The summed E-state index contributed by atoms with van der Waals surface area (Å²) in [6.07, 6.45) is 14.6. The monoisotopic (exact) mass is 288 g/mol. The van der Waals surface area contributed by atoms with Crippen molar-refractivity contribution in [3.8, 4) is 5.75 Å². The SMILES string of the molecule is CCCCCCCCCCOc1ccc(C=CC=O)cc1. The summed E-state index contributed by atoms with van der Waals surface area (Å²) in [5.74, 6) is 0.904. The van der Waals surface area contributed by atoms with Crippen LogP contribution >= 0.6 is 0 Å². The number of carbonyl (C=O) groups excluding carboxylic acids is 1. The third-order valence-electron chi connectivity index (χ3n) is 3.51. The van der Waals surface area contributed by atoms with Crippen molar-refractivity contribution in [1.82, 2.24) is 0 Å². The van der Waals surface area contributed by atoms with Crippen LogP contribution in [-0.4, -0.2) is 12.9 Å². The first-order chi connectivity index (χ1) is 10.4. The van der Waals surface area contributed by atoms with Crippen LogP contribution in [0.3, 0.4) is 0 Å². The molecule has 0 bridgehead atoms. The highest BCUT2D eigenvalue weighted by Crippen LogP contribution is 2.14. The molecular weight excluding hydrogens is 260 g/mol. The number of hydrogen-bond acceptors (Lipinski definition) is 2. The largest absolute Gasteiger partial charge is 0.494 e. The number of allylic oxidation sites excluding steroid dienone is 1. The maximum Gasteiger partial charge on any atom is 0.142 e. The zero-order chi connectivity index (χ0) is 15.2. The van der Waals surface area contributed by atoms with Crippen LogP contribution in [0, 0.1) is 0 Å². The Balaban J connectivity index is 2.05. The van der Waals surface area contributed by atoms with Crippen LogP contribution < -0.4 is 4.74 Å². The molecule has 0 unspecified atom stereocenters. The Morgan fingerprint density at radius 1 is 0.905 bits per heavy atom. The second-order valence-electron chi connectivity index (χ2n) is 5.39. The van der Waals surface area contributed by atoms with E-state index in [4.69, 9.17) is 4.74 Å². The molecule has 1 aromatic carbocycles. The first kappa shape index (κ1) is 17.5. The molecule has 0 atom stereocenters. The zero-order valence-electron chi connectivity index (χ0n) is 13.2. The van der Waals surface area contributed by atoms with Gasteiger partial charge in [0.25, 0.3) is 0 Å². The number of aldehydes is 1. The highest BCUT2D eigenvalue weighted by Gasteiger charge is 1.95. The van der Waals surface area contributed by atoms with E-state index >= 15 is 0 Å². The molecule has 0 aliphatic rings. The van der Waals surface area contributed by atoms with E-state index in [-0.39, 0.29) is 0 Å². The predicted octanol–water partition coefficient (Wildman–Crippen LogP) is 5.42. The molecule has 2 nitrogen and oxygen atoms in total. The van der Waals surface area contributed by atoms with Crippen LogP contribution in [-0.2, 0) is 4.79 Å². The molecule has 0 amide bonds. The van der Waals surface area contributed by atoms with Gasteiger partial charge in [-0.2, -0.15) is 0 Å². The van der Waals surface area contributed by atoms with E-state index in [1.807, 2.05) is 24.3 Å². The van der Waals surface area contributed by atoms with E-state index in [1.165, 1.54) is 51.0 Å². The third-order valence-corrected chi connectivity index (χ3v) is 3.51. The normalized spacial score (nSPS) is 10.9. The molecule has 0 saturated carbocycles. The lowest BCUT2D eigenvalue weighted by molar-refractivity contribution is -0.104. The molecule has 0 radical (unpaired) electrons. The summed E-state index contributed by atoms with van der Waals surface area (Å²) in [6.45, 7) is 3.04. The Labute approximate surface area is 129 Å². The summed E-state index contributed by atoms with van der Waals surface area (Å²) >= 11 is 0. The summed E-state index contributed by atoms with van der Waals surface area (Å²) in [4.78, 5) is 10.2. The van der Waals surface area contributed by atoms with Gasteiger partial charge in [-0.3, -0.25) is 4.79 Å². The van der Waals surface area contributed by atoms with Gasteiger partial charge in [-0.05, 0) is 30.2 Å². The standard InChI is InChI=1S/C19H28O2/c1-2-3-4-5-6-7-8-9-17-21-19-14-12-18(13-15-19)11-10-16-20/h10-16H,2-9,17H2,1H3. The second kappa shape index (κ2) is 12.2. The molecule has 21 heavy (non-hydrogen) atoms. The molecule has 0 fully saturated rings. The minimum Gasteiger partial charge on any atom is -0.494 e. The summed E-state index contributed by atoms with van der Waals surface area (Å²) in [7, 11) is 0. The van der Waals surface area contributed by atoms with Gasteiger partial charge in [0.15, 0.2) is 0 Å². The highest BCUT2D eigenvalue weighted by molar-refractivity contribution is 5.73. The summed E-state index contributed by atoms with van der Waals surface area (Å²) in [5.41, 5.74) is 1.02. The number of benzene rings is 1. The molecule has 116 valence electrons. The number of hydrogen-bond donors (Lipinski definition) is 0. The highest BCUT2D eigenvalue weighted by atomic mass is 16.5. The Morgan fingerprint density at radius 2 is 1.52 bits per heavy atom. The lowest BCUT2D eigenvalue weighted by Gasteiger charge is -2.06. The topological polar surface area (TPSA) is 26.3 Å². The molecule has 1 aromatic rings. The van der Waals surface area contributed by atoms with Gasteiger partial charge in [0.2, 0.25) is 0 Å². The van der Waals surface area contributed by atoms with Crippen molar-refractivity contribution in [2.45, 2.75) is 58.3 Å². The summed E-state index contributed by atoms with van der Waals surface area (Å²) < 4.78 is 5.72. The Bertz CT molecular complexity index is 393. The molecule has 0 aliphatic heterocycles. The summed E-state index contributed by atoms with van der Waals surface area (Å²) in [6, 6.07) is 7.83. The summed E-state index contributed by atoms with van der Waals surface area (Å²) in [5, 5.41) is 0. The van der Waals surface area contributed by atoms with E-state index in [9.17, 15) is 4.79 Å². The van der Waals surface area contributed by atoms with Gasteiger partial charge in [-0.15, -0.1) is 0 Å². The first-order valence-corrected chi connectivity index (χ1v) is 8.21. The van der Waals surface area contributed by atoms with Gasteiger partial charge in [-0.1, -0.05) is 70.1 Å². The fourth-order valence-electron chi connectivity index (χ4n) is 2.25. The third kappa shape index (κ3) is 9.06. The van der Waals surface area contributed by atoms with Crippen molar-refractivity contribution in [1.29, 1.82) is 0 Å². The van der Waals surface area contributed by atoms with Crippen molar-refractivity contribution < 1.29 is 9.53 Å². The van der Waals surface area contributed by atoms with Crippen molar-refractivity contribution in [2.75, 3.05) is 6.61 Å². The quantitative estimate of drug-likeness (QED) is 0.292. The fraction of sp³-hybridized carbons (Fsp3) is 0.526. The lowest BCUT2D eigenvalue weighted by Crippen LogP contribution is -1.97. The molecular formula is C19H28O2. The van der Waals surface area contributed by atoms with Crippen LogP contribution in [0.4, 0.5) is 0 Å². The zero-order valence-corrected chi connectivity index (χ0v) is 13.2. The Kier molecular flexibility index (Phi) is 10.1. The maximum atomic E-state index is 10.2. The van der Waals surface area contributed by atoms with Crippen LogP contribution in [0.2, 0.25) is 0 Å². The first-order valence-electron chi connectivity index (χ1n) is 8.21. The molecule has 0 aromatic heterocycles. The average Bonchev–Trinajstić information content (AvgIpc) is 2.52. The minimum absolute atomic E-state index is 0.784. The minimum atomic E-state index is 0.784. The average molecular weight is 288 g/mol. The molecule has 0 aliphatic carbocycles. The van der Waals surface area contributed by atoms with E-state index < -0.39 is 0 Å². The van der Waals surface area contributed by atoms with Crippen molar-refractivity contribution >= 4 is 12.4 Å². The molecule has 0 saturated heterocycles. The van der Waals surface area contributed by atoms with E-state index in [0.717, 1.165) is 30.6 Å². The Hall–Kier alpha value is -1.57. The van der Waals surface area contributed by atoms with Gasteiger partial charge in [0.05, 0.1) is 6.61 Å². The van der Waals surface area contributed by atoms with Crippen molar-refractivity contribution in [3.63, 3.8) is 0 Å². The lowest BCUT2D eigenvalue weighted by atomic mass is 10.1. The van der Waals surface area contributed by atoms with Gasteiger partial charge >= 0.3 is 0 Å². The molecule has 0 heterocycles. The van der Waals surface area contributed by atoms with E-state index in [1.54, 1.807) is 6.08 Å². The number of unbranched alkanes of at least 4 members (excludes halogenated alkanes) is 7. The number of carbonyl (C=O) groups is 1. The Morgan fingerprint density at radius 3 is 2.14 bits per heavy atom. The molecule has 0 N–H and O–H groups in total. The van der Waals surface area contributed by atoms with Crippen molar-refractivity contribution in [2.24, 2.45) is 0 Å². The number of ether oxygens (including phenoxy) is 1. The van der Waals surface area contributed by atoms with Gasteiger partial charge in [-0.25, -0.2) is 0 Å². The van der Waals surface area contributed by atoms with E-state index in [0.29, 0.717) is 0 Å². The molecule has 2 heteroatoms. The van der Waals surface area contributed by atoms with E-state index in [2.05, 4.69) is 6.92 Å². The maximum absolute atomic E-state index is 10.2. The van der Waals surface area contributed by atoms with Crippen LogP contribution in [0.15, 0.2) is 30.3 Å². The van der Waals surface area contributed by atoms with Gasteiger partial charge in [0, 0.05) is 0 Å². The number of rotatable bonds is 12. The van der Waals surface area contributed by atoms with Crippen LogP contribution in [0.25, 0.3) is 6.08 Å².